The zero-order valence-electron chi connectivity index (χ0n) is 9.94. The van der Waals surface area contributed by atoms with Gasteiger partial charge in [0.15, 0.2) is 0 Å². The third-order valence-corrected chi connectivity index (χ3v) is 6.01. The van der Waals surface area contributed by atoms with Crippen molar-refractivity contribution >= 4 is 14.0 Å². The van der Waals surface area contributed by atoms with Crippen molar-refractivity contribution in [3.63, 3.8) is 0 Å². The van der Waals surface area contributed by atoms with Crippen LogP contribution in [0, 0.1) is 0 Å². The summed E-state index contributed by atoms with van der Waals surface area (Å²) in [4.78, 5) is 10.7. The fraction of sp³-hybridized carbons (Fsp3) is 0.900. The molecule has 0 atom stereocenters. The van der Waals surface area contributed by atoms with Crippen LogP contribution in [0.15, 0.2) is 0 Å². The van der Waals surface area contributed by atoms with E-state index in [0.717, 1.165) is 0 Å². The van der Waals surface area contributed by atoms with Crippen molar-refractivity contribution in [2.45, 2.75) is 56.7 Å². The number of carbonyl (C=O) groups excluding carboxylic acids is 1. The smallest absolute Gasteiger partial charge is 0.453 e. The summed E-state index contributed by atoms with van der Waals surface area (Å²) in [6, 6.07) is 0. The van der Waals surface area contributed by atoms with E-state index in [2.05, 4.69) is 24.4 Å². The van der Waals surface area contributed by atoms with Crippen LogP contribution in [0.5, 0.6) is 0 Å². The Morgan fingerprint density at radius 3 is 2.06 bits per heavy atom. The molecular formula is C10H17F3O2Si. The second-order valence-electron chi connectivity index (χ2n) is 5.81. The molecule has 6 heteroatoms. The number of halogens is 3. The van der Waals surface area contributed by atoms with Gasteiger partial charge in [-0.3, -0.25) is 0 Å². The SMILES string of the molecule is CC1(OC(=O)C(F)(F)F)CC([Si](C)(C)C)C1. The van der Waals surface area contributed by atoms with Gasteiger partial charge in [-0.05, 0) is 25.3 Å². The van der Waals surface area contributed by atoms with E-state index in [1.54, 1.807) is 6.92 Å². The highest BCUT2D eigenvalue weighted by atomic mass is 28.3. The molecule has 0 aromatic heterocycles. The van der Waals surface area contributed by atoms with E-state index in [1.165, 1.54) is 0 Å². The Bertz CT molecular complexity index is 287. The molecule has 1 saturated carbocycles. The Labute approximate surface area is 94.2 Å². The van der Waals surface area contributed by atoms with Gasteiger partial charge in [-0.1, -0.05) is 19.6 Å². The quantitative estimate of drug-likeness (QED) is 0.558. The van der Waals surface area contributed by atoms with Crippen LogP contribution >= 0.6 is 0 Å². The zero-order chi connectivity index (χ0) is 12.8. The predicted molar refractivity (Wildman–Crippen MR) is 56.9 cm³/mol. The third kappa shape index (κ3) is 2.99. The minimum absolute atomic E-state index is 0.443. The largest absolute Gasteiger partial charge is 0.490 e. The number of alkyl halides is 3. The van der Waals surface area contributed by atoms with Crippen LogP contribution in [0.3, 0.4) is 0 Å². The molecule has 2 nitrogen and oxygen atoms in total. The summed E-state index contributed by atoms with van der Waals surface area (Å²) < 4.78 is 40.5. The van der Waals surface area contributed by atoms with Gasteiger partial charge in [0.05, 0.1) is 0 Å². The Morgan fingerprint density at radius 2 is 1.75 bits per heavy atom. The predicted octanol–water partition coefficient (Wildman–Crippen LogP) is 3.35. The van der Waals surface area contributed by atoms with Gasteiger partial charge in [0, 0.05) is 8.07 Å². The first-order valence-electron chi connectivity index (χ1n) is 5.24. The van der Waals surface area contributed by atoms with Crippen LogP contribution in [0.4, 0.5) is 13.2 Å². The number of esters is 1. The average Bonchev–Trinajstić information content (AvgIpc) is 1.95. The minimum Gasteiger partial charge on any atom is -0.453 e. The highest BCUT2D eigenvalue weighted by Crippen LogP contribution is 2.50. The maximum atomic E-state index is 12.0. The standard InChI is InChI=1S/C10H17F3O2Si/c1-9(15-8(14)10(11,12)13)5-7(6-9)16(2,3)4/h7H,5-6H2,1-4H3. The summed E-state index contributed by atoms with van der Waals surface area (Å²) in [6.07, 6.45) is -3.76. The van der Waals surface area contributed by atoms with Gasteiger partial charge in [-0.15, -0.1) is 0 Å². The maximum Gasteiger partial charge on any atom is 0.490 e. The molecule has 0 saturated heterocycles. The van der Waals surface area contributed by atoms with Crippen molar-refractivity contribution in [2.24, 2.45) is 0 Å². The molecule has 0 aromatic carbocycles. The lowest BCUT2D eigenvalue weighted by Crippen LogP contribution is -2.51. The molecule has 16 heavy (non-hydrogen) atoms. The van der Waals surface area contributed by atoms with Crippen LogP contribution in [0.1, 0.15) is 19.8 Å². The van der Waals surface area contributed by atoms with Crippen LogP contribution in [0.25, 0.3) is 0 Å². The second-order valence-corrected chi connectivity index (χ2v) is 11.4. The summed E-state index contributed by atoms with van der Waals surface area (Å²) in [5, 5.41) is 0. The van der Waals surface area contributed by atoms with Gasteiger partial charge in [0.2, 0.25) is 0 Å². The lowest BCUT2D eigenvalue weighted by Gasteiger charge is -2.49. The topological polar surface area (TPSA) is 26.3 Å². The minimum atomic E-state index is -4.88. The normalized spacial score (nSPS) is 30.8. The molecule has 94 valence electrons. The van der Waals surface area contributed by atoms with E-state index >= 15 is 0 Å². The summed E-state index contributed by atoms with van der Waals surface area (Å²) >= 11 is 0. The fourth-order valence-electron chi connectivity index (χ4n) is 1.96. The van der Waals surface area contributed by atoms with Crippen molar-refractivity contribution in [2.75, 3.05) is 0 Å². The van der Waals surface area contributed by atoms with Gasteiger partial charge in [0.25, 0.3) is 0 Å². The lowest BCUT2D eigenvalue weighted by molar-refractivity contribution is -0.219. The van der Waals surface area contributed by atoms with E-state index < -0.39 is 25.8 Å². The number of hydrogen-bond acceptors (Lipinski definition) is 2. The lowest BCUT2D eigenvalue weighted by atomic mass is 9.81. The van der Waals surface area contributed by atoms with Crippen LogP contribution in [-0.2, 0) is 9.53 Å². The first-order valence-corrected chi connectivity index (χ1v) is 8.82. The number of rotatable bonds is 2. The number of ether oxygens (including phenoxy) is 1. The molecule has 0 unspecified atom stereocenters. The van der Waals surface area contributed by atoms with Gasteiger partial charge in [-0.2, -0.15) is 13.2 Å². The molecule has 0 aromatic rings. The summed E-state index contributed by atoms with van der Waals surface area (Å²) in [5.74, 6) is -2.07. The maximum absolute atomic E-state index is 12.0. The van der Waals surface area contributed by atoms with Crippen LogP contribution < -0.4 is 0 Å². The monoisotopic (exact) mass is 254 g/mol. The number of carbonyl (C=O) groups is 1. The van der Waals surface area contributed by atoms with Gasteiger partial charge >= 0.3 is 12.1 Å². The Balaban J connectivity index is 2.51. The Morgan fingerprint density at radius 1 is 1.31 bits per heavy atom. The van der Waals surface area contributed by atoms with Crippen molar-refractivity contribution in [3.05, 3.63) is 0 Å². The van der Waals surface area contributed by atoms with Gasteiger partial charge in [0.1, 0.15) is 5.60 Å². The van der Waals surface area contributed by atoms with Crippen molar-refractivity contribution in [3.8, 4) is 0 Å². The zero-order valence-corrected chi connectivity index (χ0v) is 10.9. The molecule has 1 aliphatic rings. The molecular weight excluding hydrogens is 237 g/mol. The average molecular weight is 254 g/mol. The first kappa shape index (κ1) is 13.5. The summed E-state index contributed by atoms with van der Waals surface area (Å²) in [6.45, 7) is 8.09. The van der Waals surface area contributed by atoms with Crippen LogP contribution in [-0.4, -0.2) is 25.8 Å². The molecule has 0 aliphatic heterocycles. The number of hydrogen-bond donors (Lipinski definition) is 0. The van der Waals surface area contributed by atoms with E-state index in [1.807, 2.05) is 0 Å². The molecule has 0 radical (unpaired) electrons. The van der Waals surface area contributed by atoms with Crippen molar-refractivity contribution < 1.29 is 22.7 Å². The van der Waals surface area contributed by atoms with E-state index in [-0.39, 0.29) is 0 Å². The van der Waals surface area contributed by atoms with Crippen molar-refractivity contribution in [1.29, 1.82) is 0 Å². The van der Waals surface area contributed by atoms with E-state index in [0.29, 0.717) is 18.4 Å². The van der Waals surface area contributed by atoms with Crippen LogP contribution in [0.2, 0.25) is 25.2 Å². The van der Waals surface area contributed by atoms with E-state index in [9.17, 15) is 18.0 Å². The Hall–Kier alpha value is -0.523. The van der Waals surface area contributed by atoms with Gasteiger partial charge < -0.3 is 4.74 Å². The summed E-state index contributed by atoms with van der Waals surface area (Å²) in [7, 11) is -1.33. The second kappa shape index (κ2) is 3.75. The molecule has 1 aliphatic carbocycles. The molecule has 0 N–H and O–H groups in total. The molecule has 1 rings (SSSR count). The van der Waals surface area contributed by atoms with Crippen molar-refractivity contribution in [1.82, 2.24) is 0 Å². The molecule has 0 bridgehead atoms. The fourth-order valence-corrected chi connectivity index (χ4v) is 4.05. The highest BCUT2D eigenvalue weighted by Gasteiger charge is 2.52. The van der Waals surface area contributed by atoms with E-state index in [4.69, 9.17) is 0 Å². The molecule has 0 spiro atoms. The molecule has 0 heterocycles. The molecule has 1 fully saturated rings. The first-order chi connectivity index (χ1) is 6.94. The Kier molecular flexibility index (Phi) is 3.17. The van der Waals surface area contributed by atoms with Gasteiger partial charge in [-0.25, -0.2) is 4.79 Å². The highest BCUT2D eigenvalue weighted by molar-refractivity contribution is 6.77. The third-order valence-electron chi connectivity index (χ3n) is 3.15. The summed E-state index contributed by atoms with van der Waals surface area (Å²) in [5.41, 5.74) is -0.462. The molecule has 0 amide bonds.